The van der Waals surface area contributed by atoms with Gasteiger partial charge in [0.15, 0.2) is 6.61 Å². The van der Waals surface area contributed by atoms with E-state index in [1.807, 2.05) is 0 Å². The second-order valence-electron chi connectivity index (χ2n) is 4.83. The fraction of sp³-hybridized carbons (Fsp3) is 0.286. The number of carboxylic acid groups (broad SMARTS) is 1. The number of nitrogens with one attached hydrogen (secondary N) is 2. The van der Waals surface area contributed by atoms with Gasteiger partial charge in [0.1, 0.15) is 0 Å². The van der Waals surface area contributed by atoms with Crippen LogP contribution in [0.25, 0.3) is 11.4 Å². The molecule has 0 aliphatic heterocycles. The molecule has 12 heteroatoms. The van der Waals surface area contributed by atoms with Crippen LogP contribution in [0.15, 0.2) is 28.8 Å². The average Bonchev–Trinajstić information content (AvgIpc) is 3.08. The SMILES string of the molecule is O=C(O)CONCCNC(=O)c1ccc(-c2noc(C(F)(F)F)n2)cc1. The molecule has 140 valence electrons. The molecule has 2 rings (SSSR count). The van der Waals surface area contributed by atoms with Gasteiger partial charge in [-0.1, -0.05) is 17.3 Å². The number of aromatic nitrogens is 2. The summed E-state index contributed by atoms with van der Waals surface area (Å²) in [7, 11) is 0. The zero-order valence-corrected chi connectivity index (χ0v) is 13.0. The summed E-state index contributed by atoms with van der Waals surface area (Å²) in [4.78, 5) is 29.9. The van der Waals surface area contributed by atoms with Gasteiger partial charge < -0.3 is 14.9 Å². The molecule has 0 aliphatic carbocycles. The number of hydrogen-bond donors (Lipinski definition) is 3. The molecule has 0 saturated heterocycles. The number of carboxylic acids is 1. The summed E-state index contributed by atoms with van der Waals surface area (Å²) >= 11 is 0. The second-order valence-corrected chi connectivity index (χ2v) is 4.83. The first-order valence-electron chi connectivity index (χ1n) is 7.13. The van der Waals surface area contributed by atoms with Crippen LogP contribution in [-0.2, 0) is 15.8 Å². The highest BCUT2D eigenvalue weighted by molar-refractivity contribution is 5.94. The van der Waals surface area contributed by atoms with Gasteiger partial charge in [0, 0.05) is 24.2 Å². The van der Waals surface area contributed by atoms with Crippen LogP contribution in [0.5, 0.6) is 0 Å². The molecule has 0 unspecified atom stereocenters. The largest absolute Gasteiger partial charge is 0.479 e. The third-order valence-corrected chi connectivity index (χ3v) is 2.88. The molecule has 0 saturated carbocycles. The van der Waals surface area contributed by atoms with E-state index in [0.717, 1.165) is 0 Å². The lowest BCUT2D eigenvalue weighted by molar-refractivity contribution is -0.159. The minimum atomic E-state index is -4.73. The molecule has 1 aromatic heterocycles. The molecule has 0 atom stereocenters. The average molecular weight is 374 g/mol. The monoisotopic (exact) mass is 374 g/mol. The lowest BCUT2D eigenvalue weighted by Gasteiger charge is -2.06. The van der Waals surface area contributed by atoms with Crippen molar-refractivity contribution in [3.63, 3.8) is 0 Å². The van der Waals surface area contributed by atoms with Crippen LogP contribution in [-0.4, -0.2) is 46.8 Å². The Morgan fingerprint density at radius 1 is 1.19 bits per heavy atom. The van der Waals surface area contributed by atoms with E-state index in [4.69, 9.17) is 5.11 Å². The molecular weight excluding hydrogens is 361 g/mol. The Kier molecular flexibility index (Phi) is 6.25. The van der Waals surface area contributed by atoms with E-state index in [2.05, 4.69) is 30.3 Å². The first kappa shape index (κ1) is 19.3. The summed E-state index contributed by atoms with van der Waals surface area (Å²) in [5.74, 6) is -3.26. The van der Waals surface area contributed by atoms with Crippen molar-refractivity contribution in [3.05, 3.63) is 35.7 Å². The molecule has 0 fully saturated rings. The van der Waals surface area contributed by atoms with Crippen LogP contribution in [0.4, 0.5) is 13.2 Å². The molecule has 0 radical (unpaired) electrons. The van der Waals surface area contributed by atoms with E-state index in [9.17, 15) is 22.8 Å². The molecule has 0 spiro atoms. The van der Waals surface area contributed by atoms with Crippen molar-refractivity contribution in [1.29, 1.82) is 0 Å². The zero-order chi connectivity index (χ0) is 19.2. The molecule has 9 nitrogen and oxygen atoms in total. The molecule has 26 heavy (non-hydrogen) atoms. The van der Waals surface area contributed by atoms with E-state index in [1.165, 1.54) is 24.3 Å². The van der Waals surface area contributed by atoms with Gasteiger partial charge in [-0.15, -0.1) is 0 Å². The summed E-state index contributed by atoms with van der Waals surface area (Å²) in [6.07, 6.45) is -4.73. The first-order chi connectivity index (χ1) is 12.3. The Balaban J connectivity index is 1.85. The van der Waals surface area contributed by atoms with Gasteiger partial charge in [-0.25, -0.2) is 10.3 Å². The summed E-state index contributed by atoms with van der Waals surface area (Å²) in [6, 6.07) is 5.55. The highest BCUT2D eigenvalue weighted by Gasteiger charge is 2.38. The number of hydrogen-bond acceptors (Lipinski definition) is 7. The Morgan fingerprint density at radius 2 is 1.88 bits per heavy atom. The van der Waals surface area contributed by atoms with E-state index in [1.54, 1.807) is 0 Å². The van der Waals surface area contributed by atoms with Gasteiger partial charge in [0.2, 0.25) is 5.82 Å². The van der Waals surface area contributed by atoms with Crippen LogP contribution >= 0.6 is 0 Å². The molecule has 1 heterocycles. The van der Waals surface area contributed by atoms with Gasteiger partial charge >= 0.3 is 18.0 Å². The van der Waals surface area contributed by atoms with Gasteiger partial charge in [-0.05, 0) is 12.1 Å². The van der Waals surface area contributed by atoms with Crippen LogP contribution in [0.2, 0.25) is 0 Å². The van der Waals surface area contributed by atoms with E-state index in [-0.39, 0.29) is 30.0 Å². The van der Waals surface area contributed by atoms with Crippen LogP contribution in [0.3, 0.4) is 0 Å². The number of nitrogens with zero attached hydrogens (tertiary/aromatic N) is 2. The molecular formula is C14H13F3N4O5. The minimum Gasteiger partial charge on any atom is -0.479 e. The number of carbonyl (C=O) groups is 2. The first-order valence-corrected chi connectivity index (χ1v) is 7.13. The maximum Gasteiger partial charge on any atom is 0.471 e. The number of benzene rings is 1. The van der Waals surface area contributed by atoms with Crippen molar-refractivity contribution in [1.82, 2.24) is 20.9 Å². The van der Waals surface area contributed by atoms with Crippen LogP contribution in [0.1, 0.15) is 16.2 Å². The fourth-order valence-corrected chi connectivity index (χ4v) is 1.74. The number of carbonyl (C=O) groups excluding carboxylic acids is 1. The predicted octanol–water partition coefficient (Wildman–Crippen LogP) is 1.09. The van der Waals surface area contributed by atoms with E-state index in [0.29, 0.717) is 0 Å². The van der Waals surface area contributed by atoms with Gasteiger partial charge in [0.25, 0.3) is 5.91 Å². The van der Waals surface area contributed by atoms with Gasteiger partial charge in [-0.2, -0.15) is 18.2 Å². The molecule has 3 N–H and O–H groups in total. The third-order valence-electron chi connectivity index (χ3n) is 2.88. The molecule has 1 amide bonds. The van der Waals surface area contributed by atoms with Crippen molar-refractivity contribution in [2.45, 2.75) is 6.18 Å². The molecule has 0 bridgehead atoms. The van der Waals surface area contributed by atoms with Crippen molar-refractivity contribution < 1.29 is 37.2 Å². The highest BCUT2D eigenvalue weighted by Crippen LogP contribution is 2.29. The second kappa shape index (κ2) is 8.40. The standard InChI is InChI=1S/C14H13F3N4O5/c15-14(16,17)13-20-11(21-26-13)8-1-3-9(4-2-8)12(24)18-5-6-19-25-7-10(22)23/h1-4,19H,5-7H2,(H,18,24)(H,22,23). The lowest BCUT2D eigenvalue weighted by atomic mass is 10.1. The van der Waals surface area contributed by atoms with Crippen molar-refractivity contribution in [3.8, 4) is 11.4 Å². The van der Waals surface area contributed by atoms with Crippen molar-refractivity contribution in [2.75, 3.05) is 19.7 Å². The predicted molar refractivity (Wildman–Crippen MR) is 78.7 cm³/mol. The Morgan fingerprint density at radius 3 is 2.46 bits per heavy atom. The van der Waals surface area contributed by atoms with Crippen molar-refractivity contribution in [2.24, 2.45) is 0 Å². The number of rotatable bonds is 8. The number of aliphatic carboxylic acids is 1. The summed E-state index contributed by atoms with van der Waals surface area (Å²) in [5, 5.41) is 14.1. The van der Waals surface area contributed by atoms with Gasteiger partial charge in [0.05, 0.1) is 0 Å². The van der Waals surface area contributed by atoms with Crippen LogP contribution in [0, 0.1) is 0 Å². The minimum absolute atomic E-state index is 0.167. The smallest absolute Gasteiger partial charge is 0.471 e. The van der Waals surface area contributed by atoms with Crippen molar-refractivity contribution >= 4 is 11.9 Å². The summed E-state index contributed by atoms with van der Waals surface area (Å²) in [5.41, 5.74) is 2.87. The quantitative estimate of drug-likeness (QED) is 0.463. The number of halogens is 3. The van der Waals surface area contributed by atoms with E-state index >= 15 is 0 Å². The molecule has 2 aromatic rings. The summed E-state index contributed by atoms with van der Waals surface area (Å²) in [6.45, 7) is -0.165. The maximum atomic E-state index is 12.4. The zero-order valence-electron chi connectivity index (χ0n) is 13.0. The topological polar surface area (TPSA) is 127 Å². The number of amides is 1. The normalized spacial score (nSPS) is 11.3. The Bertz CT molecular complexity index is 761. The van der Waals surface area contributed by atoms with Gasteiger partial charge in [-0.3, -0.25) is 9.63 Å². The summed E-state index contributed by atoms with van der Waals surface area (Å²) < 4.78 is 41.4. The lowest BCUT2D eigenvalue weighted by Crippen LogP contribution is -2.32. The number of alkyl halides is 3. The number of hydroxylamine groups is 1. The van der Waals surface area contributed by atoms with E-state index < -0.39 is 30.6 Å². The fourth-order valence-electron chi connectivity index (χ4n) is 1.74. The maximum absolute atomic E-state index is 12.4. The molecule has 0 aliphatic rings. The Labute approximate surface area is 144 Å². The van der Waals surface area contributed by atoms with Crippen LogP contribution < -0.4 is 10.8 Å². The third kappa shape index (κ3) is 5.53. The Hall–Kier alpha value is -2.99. The molecule has 1 aromatic carbocycles. The highest BCUT2D eigenvalue weighted by atomic mass is 19.4.